The fourth-order valence-electron chi connectivity index (χ4n) is 3.56. The number of amides is 1. The molecule has 0 saturated carbocycles. The van der Waals surface area contributed by atoms with E-state index in [9.17, 15) is 14.0 Å². The van der Waals surface area contributed by atoms with Crippen molar-refractivity contribution in [3.8, 4) is 5.69 Å². The Morgan fingerprint density at radius 2 is 1.89 bits per heavy atom. The van der Waals surface area contributed by atoms with Gasteiger partial charge in [-0.2, -0.15) is 5.10 Å². The highest BCUT2D eigenvalue weighted by molar-refractivity contribution is 5.92. The molecule has 6 nitrogen and oxygen atoms in total. The lowest BCUT2D eigenvalue weighted by Crippen LogP contribution is -2.53. The number of aromatic nitrogens is 2. The van der Waals surface area contributed by atoms with Crippen LogP contribution in [0.4, 0.5) is 4.39 Å². The van der Waals surface area contributed by atoms with Gasteiger partial charge in [0.2, 0.25) is 5.43 Å². The van der Waals surface area contributed by atoms with Crippen molar-refractivity contribution in [2.24, 2.45) is 0 Å². The minimum atomic E-state index is -0.542. The summed E-state index contributed by atoms with van der Waals surface area (Å²) in [5.74, 6) is -1.01. The van der Waals surface area contributed by atoms with Crippen molar-refractivity contribution < 1.29 is 9.18 Å². The summed E-state index contributed by atoms with van der Waals surface area (Å²) in [6.45, 7) is 8.23. The van der Waals surface area contributed by atoms with Crippen LogP contribution in [0.5, 0.6) is 0 Å². The predicted molar refractivity (Wildman–Crippen MR) is 106 cm³/mol. The highest BCUT2D eigenvalue weighted by Crippen LogP contribution is 2.20. The van der Waals surface area contributed by atoms with Crippen molar-refractivity contribution in [2.45, 2.75) is 45.6 Å². The molecule has 3 rings (SSSR count). The van der Waals surface area contributed by atoms with Crippen molar-refractivity contribution in [3.05, 3.63) is 57.8 Å². The molecule has 1 aliphatic rings. The second-order valence-electron chi connectivity index (χ2n) is 7.90. The molecule has 2 aromatic rings. The first-order valence-corrected chi connectivity index (χ1v) is 9.69. The third-order valence-corrected chi connectivity index (χ3v) is 5.30. The number of benzene rings is 1. The van der Waals surface area contributed by atoms with E-state index in [0.717, 1.165) is 25.9 Å². The lowest BCUT2D eigenvalue weighted by Gasteiger charge is -2.41. The van der Waals surface area contributed by atoms with Crippen LogP contribution in [-0.2, 0) is 0 Å². The van der Waals surface area contributed by atoms with E-state index in [0.29, 0.717) is 12.2 Å². The molecule has 1 saturated heterocycles. The normalized spacial score (nSPS) is 15.4. The number of carbonyl (C=O) groups excluding carboxylic acids is 1. The SMILES string of the molecule is Cc1cc(=O)c(C(=O)NCC(C)(C)N2CCCCC2)nn1-c1ccccc1F. The summed E-state index contributed by atoms with van der Waals surface area (Å²) in [5.41, 5.74) is -0.268. The first-order valence-electron chi connectivity index (χ1n) is 9.69. The summed E-state index contributed by atoms with van der Waals surface area (Å²) in [4.78, 5) is 27.4. The van der Waals surface area contributed by atoms with Gasteiger partial charge in [0.15, 0.2) is 5.69 Å². The maximum atomic E-state index is 14.2. The van der Waals surface area contributed by atoms with Crippen LogP contribution in [-0.4, -0.2) is 45.8 Å². The molecule has 7 heteroatoms. The van der Waals surface area contributed by atoms with Gasteiger partial charge in [-0.3, -0.25) is 14.5 Å². The average Bonchev–Trinajstić information content (AvgIpc) is 2.68. The summed E-state index contributed by atoms with van der Waals surface area (Å²) in [5, 5.41) is 6.99. The van der Waals surface area contributed by atoms with Gasteiger partial charge >= 0.3 is 0 Å². The van der Waals surface area contributed by atoms with Crippen molar-refractivity contribution in [3.63, 3.8) is 0 Å². The Morgan fingerprint density at radius 3 is 2.57 bits per heavy atom. The lowest BCUT2D eigenvalue weighted by atomic mass is 9.98. The van der Waals surface area contributed by atoms with E-state index in [1.807, 2.05) is 0 Å². The Labute approximate surface area is 164 Å². The van der Waals surface area contributed by atoms with E-state index in [2.05, 4.69) is 29.2 Å². The van der Waals surface area contributed by atoms with E-state index < -0.39 is 17.2 Å². The van der Waals surface area contributed by atoms with Crippen LogP contribution < -0.4 is 10.7 Å². The molecule has 1 aromatic heterocycles. The summed E-state index contributed by atoms with van der Waals surface area (Å²) in [7, 11) is 0. The zero-order valence-corrected chi connectivity index (χ0v) is 16.7. The minimum absolute atomic E-state index is 0.197. The molecule has 0 unspecified atom stereocenters. The van der Waals surface area contributed by atoms with E-state index in [1.54, 1.807) is 25.1 Å². The lowest BCUT2D eigenvalue weighted by molar-refractivity contribution is 0.0792. The van der Waals surface area contributed by atoms with Crippen LogP contribution in [0, 0.1) is 12.7 Å². The number of rotatable bonds is 5. The molecule has 1 fully saturated rings. The molecule has 150 valence electrons. The first kappa shape index (κ1) is 20.2. The van der Waals surface area contributed by atoms with E-state index in [-0.39, 0.29) is 16.9 Å². The number of hydrogen-bond donors (Lipinski definition) is 1. The Morgan fingerprint density at radius 1 is 1.21 bits per heavy atom. The highest BCUT2D eigenvalue weighted by Gasteiger charge is 2.29. The molecule has 0 radical (unpaired) electrons. The Balaban J connectivity index is 1.81. The van der Waals surface area contributed by atoms with Gasteiger partial charge in [-0.1, -0.05) is 18.6 Å². The molecule has 0 atom stereocenters. The Kier molecular flexibility index (Phi) is 5.93. The molecule has 1 amide bonds. The van der Waals surface area contributed by atoms with Gasteiger partial charge in [0, 0.05) is 23.8 Å². The molecular weight excluding hydrogens is 359 g/mol. The Bertz CT molecular complexity index is 917. The van der Waals surface area contributed by atoms with Crippen LogP contribution in [0.15, 0.2) is 35.1 Å². The number of aryl methyl sites for hydroxylation is 1. The van der Waals surface area contributed by atoms with Gasteiger partial charge in [0.1, 0.15) is 11.5 Å². The van der Waals surface area contributed by atoms with Gasteiger partial charge in [-0.05, 0) is 58.8 Å². The van der Waals surface area contributed by atoms with Gasteiger partial charge in [0.05, 0.1) is 0 Å². The molecule has 0 bridgehead atoms. The fourth-order valence-corrected chi connectivity index (χ4v) is 3.56. The van der Waals surface area contributed by atoms with Crippen LogP contribution in [0.25, 0.3) is 5.69 Å². The number of para-hydroxylation sites is 1. The largest absolute Gasteiger partial charge is 0.349 e. The fraction of sp³-hybridized carbons (Fsp3) is 0.476. The summed E-state index contributed by atoms with van der Waals surface area (Å²) < 4.78 is 15.4. The molecule has 1 aromatic carbocycles. The summed E-state index contributed by atoms with van der Waals surface area (Å²) >= 11 is 0. The monoisotopic (exact) mass is 386 g/mol. The van der Waals surface area contributed by atoms with Crippen LogP contribution in [0.1, 0.15) is 49.3 Å². The van der Waals surface area contributed by atoms with Gasteiger partial charge in [-0.15, -0.1) is 0 Å². The topological polar surface area (TPSA) is 67.2 Å². The van der Waals surface area contributed by atoms with Crippen molar-refractivity contribution in [1.82, 2.24) is 20.0 Å². The van der Waals surface area contributed by atoms with Crippen LogP contribution in [0.3, 0.4) is 0 Å². The van der Waals surface area contributed by atoms with Crippen LogP contribution in [0.2, 0.25) is 0 Å². The number of likely N-dealkylation sites (tertiary alicyclic amines) is 1. The van der Waals surface area contributed by atoms with Crippen molar-refractivity contribution in [1.29, 1.82) is 0 Å². The molecule has 28 heavy (non-hydrogen) atoms. The molecule has 0 spiro atoms. The number of halogens is 1. The number of piperidine rings is 1. The standard InChI is InChI=1S/C21H27FN4O2/c1-15-13-18(27)19(24-26(15)17-10-6-5-9-16(17)22)20(28)23-14-21(2,3)25-11-7-4-8-12-25/h5-6,9-10,13H,4,7-8,11-12,14H2,1-3H3,(H,23,28). The number of nitrogens with zero attached hydrogens (tertiary/aromatic N) is 3. The van der Waals surface area contributed by atoms with E-state index >= 15 is 0 Å². The molecule has 1 aliphatic heterocycles. The maximum absolute atomic E-state index is 14.2. The van der Waals surface area contributed by atoms with Gasteiger partial charge < -0.3 is 5.32 Å². The highest BCUT2D eigenvalue weighted by atomic mass is 19.1. The maximum Gasteiger partial charge on any atom is 0.275 e. The average molecular weight is 386 g/mol. The molecular formula is C21H27FN4O2. The zero-order chi connectivity index (χ0) is 20.3. The minimum Gasteiger partial charge on any atom is -0.349 e. The Hall–Kier alpha value is -2.54. The third-order valence-electron chi connectivity index (χ3n) is 5.30. The van der Waals surface area contributed by atoms with Crippen molar-refractivity contribution >= 4 is 5.91 Å². The van der Waals surface area contributed by atoms with Gasteiger partial charge in [-0.25, -0.2) is 9.07 Å². The predicted octanol–water partition coefficient (Wildman–Crippen LogP) is 2.67. The third kappa shape index (κ3) is 4.30. The van der Waals surface area contributed by atoms with E-state index in [1.165, 1.54) is 23.2 Å². The summed E-state index contributed by atoms with van der Waals surface area (Å²) in [6.07, 6.45) is 3.55. The number of carbonyl (C=O) groups is 1. The van der Waals surface area contributed by atoms with Gasteiger partial charge in [0.25, 0.3) is 5.91 Å². The summed E-state index contributed by atoms with van der Waals surface area (Å²) in [6, 6.07) is 7.44. The quantitative estimate of drug-likeness (QED) is 0.858. The van der Waals surface area contributed by atoms with E-state index in [4.69, 9.17) is 0 Å². The zero-order valence-electron chi connectivity index (χ0n) is 16.7. The first-order chi connectivity index (χ1) is 13.3. The molecule has 2 heterocycles. The molecule has 1 N–H and O–H groups in total. The second-order valence-corrected chi connectivity index (χ2v) is 7.90. The number of hydrogen-bond acceptors (Lipinski definition) is 4. The molecule has 0 aliphatic carbocycles. The second kappa shape index (κ2) is 8.22. The van der Waals surface area contributed by atoms with Crippen molar-refractivity contribution in [2.75, 3.05) is 19.6 Å². The smallest absolute Gasteiger partial charge is 0.275 e. The van der Waals surface area contributed by atoms with Crippen LogP contribution >= 0.6 is 0 Å². The number of nitrogens with one attached hydrogen (secondary N) is 1.